The quantitative estimate of drug-likeness (QED) is 0.641. The second-order valence-electron chi connectivity index (χ2n) is 5.16. The third kappa shape index (κ3) is 4.81. The van der Waals surface area contributed by atoms with E-state index in [0.29, 0.717) is 6.04 Å². The van der Waals surface area contributed by atoms with Gasteiger partial charge in [-0.1, -0.05) is 24.6 Å². The standard InChI is InChI=1S/C14H20ClN3O2.ClH/c1-2-7-17(12-5-6-16-9-12)10-11-3-4-13(15)14(8-11)18(19)20;/h3-4,8,12,16H,2,5-7,9-10H2,1H3;1H. The molecule has 0 bridgehead atoms. The van der Waals surface area contributed by atoms with Crippen LogP contribution in [0.5, 0.6) is 0 Å². The minimum atomic E-state index is -0.423. The van der Waals surface area contributed by atoms with Gasteiger partial charge >= 0.3 is 0 Å². The van der Waals surface area contributed by atoms with Gasteiger partial charge in [0.05, 0.1) is 4.92 Å². The molecular weight excluding hydrogens is 313 g/mol. The predicted molar refractivity (Wildman–Crippen MR) is 87.3 cm³/mol. The monoisotopic (exact) mass is 333 g/mol. The largest absolute Gasteiger partial charge is 0.315 e. The van der Waals surface area contributed by atoms with Crippen molar-refractivity contribution in [3.8, 4) is 0 Å². The van der Waals surface area contributed by atoms with Gasteiger partial charge in [0.1, 0.15) is 5.02 Å². The molecule has 21 heavy (non-hydrogen) atoms. The number of hydrogen-bond acceptors (Lipinski definition) is 4. The molecule has 0 saturated carbocycles. The van der Waals surface area contributed by atoms with Gasteiger partial charge in [-0.05, 0) is 37.6 Å². The van der Waals surface area contributed by atoms with E-state index in [9.17, 15) is 10.1 Å². The molecule has 1 saturated heterocycles. The Hall–Kier alpha value is -0.880. The van der Waals surface area contributed by atoms with Crippen LogP contribution in [-0.4, -0.2) is 35.5 Å². The highest BCUT2D eigenvalue weighted by molar-refractivity contribution is 6.32. The van der Waals surface area contributed by atoms with Crippen LogP contribution in [0.2, 0.25) is 5.02 Å². The summed E-state index contributed by atoms with van der Waals surface area (Å²) in [5, 5.41) is 14.5. The van der Waals surface area contributed by atoms with Gasteiger partial charge in [-0.25, -0.2) is 0 Å². The van der Waals surface area contributed by atoms with Crippen molar-refractivity contribution in [2.24, 2.45) is 0 Å². The summed E-state index contributed by atoms with van der Waals surface area (Å²) in [5.74, 6) is 0. The lowest BCUT2D eigenvalue weighted by Gasteiger charge is -2.28. The van der Waals surface area contributed by atoms with Gasteiger partial charge in [-0.15, -0.1) is 12.4 Å². The maximum Gasteiger partial charge on any atom is 0.288 e. The number of benzene rings is 1. The molecule has 1 heterocycles. The fraction of sp³-hybridized carbons (Fsp3) is 0.571. The van der Waals surface area contributed by atoms with Crippen LogP contribution in [0, 0.1) is 10.1 Å². The van der Waals surface area contributed by atoms with E-state index in [4.69, 9.17) is 11.6 Å². The maximum absolute atomic E-state index is 10.9. The highest BCUT2D eigenvalue weighted by Crippen LogP contribution is 2.26. The zero-order chi connectivity index (χ0) is 14.5. The molecule has 0 radical (unpaired) electrons. The van der Waals surface area contributed by atoms with Gasteiger partial charge in [0.25, 0.3) is 5.69 Å². The lowest BCUT2D eigenvalue weighted by atomic mass is 10.1. The normalized spacial score (nSPS) is 17.8. The Labute approximate surface area is 136 Å². The van der Waals surface area contributed by atoms with E-state index in [1.807, 2.05) is 6.07 Å². The van der Waals surface area contributed by atoms with Crippen molar-refractivity contribution in [2.75, 3.05) is 19.6 Å². The van der Waals surface area contributed by atoms with Gasteiger partial charge < -0.3 is 5.32 Å². The van der Waals surface area contributed by atoms with Crippen molar-refractivity contribution in [1.29, 1.82) is 0 Å². The summed E-state index contributed by atoms with van der Waals surface area (Å²) >= 11 is 5.85. The van der Waals surface area contributed by atoms with E-state index in [1.54, 1.807) is 12.1 Å². The first kappa shape index (κ1) is 18.2. The van der Waals surface area contributed by atoms with Crippen molar-refractivity contribution in [3.63, 3.8) is 0 Å². The van der Waals surface area contributed by atoms with E-state index in [-0.39, 0.29) is 23.1 Å². The molecule has 1 unspecified atom stereocenters. The summed E-state index contributed by atoms with van der Waals surface area (Å²) in [7, 11) is 0. The second-order valence-corrected chi connectivity index (χ2v) is 5.57. The Bertz CT molecular complexity index is 479. The van der Waals surface area contributed by atoms with E-state index in [1.165, 1.54) is 0 Å². The number of nitro benzene ring substituents is 1. The molecule has 0 amide bonds. The van der Waals surface area contributed by atoms with Crippen LogP contribution in [-0.2, 0) is 6.54 Å². The molecular formula is C14H21Cl2N3O2. The Morgan fingerprint density at radius 1 is 1.52 bits per heavy atom. The number of nitrogens with zero attached hydrogens (tertiary/aromatic N) is 2. The molecule has 1 N–H and O–H groups in total. The first-order valence-electron chi connectivity index (χ1n) is 6.99. The second kappa shape index (κ2) is 8.54. The van der Waals surface area contributed by atoms with Gasteiger partial charge in [0.15, 0.2) is 0 Å². The lowest BCUT2D eigenvalue weighted by Crippen LogP contribution is -2.36. The summed E-state index contributed by atoms with van der Waals surface area (Å²) in [6, 6.07) is 5.60. The predicted octanol–water partition coefficient (Wildman–Crippen LogP) is 3.24. The average Bonchev–Trinajstić information content (AvgIpc) is 2.94. The summed E-state index contributed by atoms with van der Waals surface area (Å²) in [5.41, 5.74) is 0.937. The van der Waals surface area contributed by atoms with Crippen molar-refractivity contribution < 1.29 is 4.92 Å². The smallest absolute Gasteiger partial charge is 0.288 e. The van der Waals surface area contributed by atoms with Crippen molar-refractivity contribution in [1.82, 2.24) is 10.2 Å². The molecule has 1 fully saturated rings. The van der Waals surface area contributed by atoms with E-state index < -0.39 is 4.92 Å². The number of nitro groups is 1. The van der Waals surface area contributed by atoms with Crippen molar-refractivity contribution >= 4 is 29.7 Å². The highest BCUT2D eigenvalue weighted by Gasteiger charge is 2.22. The summed E-state index contributed by atoms with van der Waals surface area (Å²) in [6.45, 7) is 5.93. The summed E-state index contributed by atoms with van der Waals surface area (Å²) < 4.78 is 0. The van der Waals surface area contributed by atoms with Crippen LogP contribution in [0.4, 0.5) is 5.69 Å². The first-order chi connectivity index (χ1) is 9.61. The van der Waals surface area contributed by atoms with E-state index in [2.05, 4.69) is 17.1 Å². The van der Waals surface area contributed by atoms with Crippen LogP contribution in [0.1, 0.15) is 25.3 Å². The zero-order valence-electron chi connectivity index (χ0n) is 12.0. The maximum atomic E-state index is 10.9. The first-order valence-corrected chi connectivity index (χ1v) is 7.37. The average molecular weight is 334 g/mol. The Morgan fingerprint density at radius 3 is 2.86 bits per heavy atom. The number of nitrogens with one attached hydrogen (secondary N) is 1. The number of halogens is 2. The SMILES string of the molecule is CCCN(Cc1ccc(Cl)c([N+](=O)[O-])c1)C1CCNC1.Cl. The third-order valence-electron chi connectivity index (χ3n) is 3.65. The van der Waals surface area contributed by atoms with Gasteiger partial charge in [-0.2, -0.15) is 0 Å². The Kier molecular flexibility index (Phi) is 7.39. The minimum absolute atomic E-state index is 0. The van der Waals surface area contributed by atoms with E-state index >= 15 is 0 Å². The molecule has 0 spiro atoms. The molecule has 118 valence electrons. The molecule has 1 aromatic carbocycles. The molecule has 1 aliphatic rings. The summed E-state index contributed by atoms with van der Waals surface area (Å²) in [4.78, 5) is 12.9. The van der Waals surface area contributed by atoms with Gasteiger partial charge in [-0.3, -0.25) is 15.0 Å². The number of hydrogen-bond donors (Lipinski definition) is 1. The highest BCUT2D eigenvalue weighted by atomic mass is 35.5. The van der Waals surface area contributed by atoms with Gasteiger partial charge in [0.2, 0.25) is 0 Å². The fourth-order valence-electron chi connectivity index (χ4n) is 2.66. The van der Waals surface area contributed by atoms with Crippen molar-refractivity contribution in [3.05, 3.63) is 38.9 Å². The fourth-order valence-corrected chi connectivity index (χ4v) is 2.85. The van der Waals surface area contributed by atoms with Crippen LogP contribution >= 0.6 is 24.0 Å². The van der Waals surface area contributed by atoms with Crippen LogP contribution in [0.25, 0.3) is 0 Å². The molecule has 2 rings (SSSR count). The lowest BCUT2D eigenvalue weighted by molar-refractivity contribution is -0.384. The number of rotatable bonds is 6. The van der Waals surface area contributed by atoms with Crippen LogP contribution in [0.3, 0.4) is 0 Å². The third-order valence-corrected chi connectivity index (χ3v) is 3.97. The topological polar surface area (TPSA) is 58.4 Å². The molecule has 1 aliphatic heterocycles. The van der Waals surface area contributed by atoms with Gasteiger partial charge in [0, 0.05) is 25.2 Å². The van der Waals surface area contributed by atoms with Crippen molar-refractivity contribution in [2.45, 2.75) is 32.4 Å². The van der Waals surface area contributed by atoms with E-state index in [0.717, 1.165) is 44.6 Å². The molecule has 7 heteroatoms. The Morgan fingerprint density at radius 2 is 2.29 bits per heavy atom. The molecule has 1 atom stereocenters. The summed E-state index contributed by atoms with van der Waals surface area (Å²) in [6.07, 6.45) is 2.21. The molecule has 1 aromatic rings. The Balaban J connectivity index is 0.00000220. The molecule has 0 aromatic heterocycles. The molecule has 0 aliphatic carbocycles. The van der Waals surface area contributed by atoms with Crippen LogP contribution in [0.15, 0.2) is 18.2 Å². The van der Waals surface area contributed by atoms with Crippen LogP contribution < -0.4 is 5.32 Å². The molecule has 5 nitrogen and oxygen atoms in total. The zero-order valence-corrected chi connectivity index (χ0v) is 13.6. The minimum Gasteiger partial charge on any atom is -0.315 e.